The second-order valence-corrected chi connectivity index (χ2v) is 6.82. The predicted molar refractivity (Wildman–Crippen MR) is 79.6 cm³/mol. The smallest absolute Gasteiger partial charge is 0.307 e. The average Bonchev–Trinajstić information content (AvgIpc) is 2.38. The normalized spacial score (nSPS) is 27.2. The van der Waals surface area contributed by atoms with Crippen LogP contribution >= 0.6 is 11.8 Å². The largest absolute Gasteiger partial charge is 0.481 e. The number of aryl methyl sites for hydroxylation is 1. The lowest BCUT2D eigenvalue weighted by molar-refractivity contribution is -0.142. The number of carboxylic acid groups (broad SMARTS) is 1. The van der Waals surface area contributed by atoms with E-state index in [0.29, 0.717) is 5.92 Å². The Hall–Kier alpha value is -0.960. The molecule has 0 heterocycles. The van der Waals surface area contributed by atoms with E-state index in [9.17, 15) is 9.90 Å². The van der Waals surface area contributed by atoms with Gasteiger partial charge in [0.1, 0.15) is 0 Å². The zero-order valence-corrected chi connectivity index (χ0v) is 12.5. The van der Waals surface area contributed by atoms with E-state index in [2.05, 4.69) is 32.0 Å². The lowest BCUT2D eigenvalue weighted by Gasteiger charge is -2.33. The van der Waals surface area contributed by atoms with Crippen molar-refractivity contribution < 1.29 is 9.90 Å². The molecule has 0 amide bonds. The van der Waals surface area contributed by atoms with Gasteiger partial charge in [-0.1, -0.05) is 31.0 Å². The highest BCUT2D eigenvalue weighted by atomic mass is 32.2. The van der Waals surface area contributed by atoms with E-state index in [-0.39, 0.29) is 11.2 Å². The second kappa shape index (κ2) is 6.47. The SMILES string of the molecule is CCC1CCC(C(=O)O)C(Sc2cccc(C)c2)C1. The van der Waals surface area contributed by atoms with Gasteiger partial charge >= 0.3 is 5.97 Å². The van der Waals surface area contributed by atoms with Crippen molar-refractivity contribution in [1.82, 2.24) is 0 Å². The molecule has 2 rings (SSSR count). The maximum atomic E-state index is 11.4. The fraction of sp³-hybridized carbons (Fsp3) is 0.562. The molecule has 1 saturated carbocycles. The highest BCUT2D eigenvalue weighted by molar-refractivity contribution is 8.00. The van der Waals surface area contributed by atoms with Gasteiger partial charge in [0, 0.05) is 10.1 Å². The Morgan fingerprint density at radius 1 is 1.42 bits per heavy atom. The van der Waals surface area contributed by atoms with Gasteiger partial charge in [0.25, 0.3) is 0 Å². The molecular formula is C16H22O2S. The topological polar surface area (TPSA) is 37.3 Å². The Morgan fingerprint density at radius 2 is 2.21 bits per heavy atom. The molecular weight excluding hydrogens is 256 g/mol. The van der Waals surface area contributed by atoms with Crippen LogP contribution in [-0.2, 0) is 4.79 Å². The maximum absolute atomic E-state index is 11.4. The van der Waals surface area contributed by atoms with Crippen LogP contribution in [0.5, 0.6) is 0 Å². The summed E-state index contributed by atoms with van der Waals surface area (Å²) in [7, 11) is 0. The number of rotatable bonds is 4. The summed E-state index contributed by atoms with van der Waals surface area (Å²) in [5.41, 5.74) is 1.24. The van der Waals surface area contributed by atoms with Crippen molar-refractivity contribution in [3.63, 3.8) is 0 Å². The molecule has 1 aromatic rings. The number of hydrogen-bond acceptors (Lipinski definition) is 2. The fourth-order valence-electron chi connectivity index (χ4n) is 2.86. The fourth-order valence-corrected chi connectivity index (χ4v) is 4.40. The molecule has 2 nitrogen and oxygen atoms in total. The van der Waals surface area contributed by atoms with Crippen LogP contribution < -0.4 is 0 Å². The van der Waals surface area contributed by atoms with E-state index in [4.69, 9.17) is 0 Å². The highest BCUT2D eigenvalue weighted by Gasteiger charge is 2.34. The first-order valence-corrected chi connectivity index (χ1v) is 7.94. The minimum absolute atomic E-state index is 0.187. The highest BCUT2D eigenvalue weighted by Crippen LogP contribution is 2.41. The molecule has 1 aromatic carbocycles. The quantitative estimate of drug-likeness (QED) is 0.888. The third-order valence-electron chi connectivity index (χ3n) is 4.07. The van der Waals surface area contributed by atoms with Crippen LogP contribution in [-0.4, -0.2) is 16.3 Å². The van der Waals surface area contributed by atoms with E-state index in [0.717, 1.165) is 25.7 Å². The number of benzene rings is 1. The summed E-state index contributed by atoms with van der Waals surface area (Å²) in [6, 6.07) is 8.37. The van der Waals surface area contributed by atoms with Crippen LogP contribution in [0.2, 0.25) is 0 Å². The van der Waals surface area contributed by atoms with Gasteiger partial charge in [-0.3, -0.25) is 4.79 Å². The number of thioether (sulfide) groups is 1. The summed E-state index contributed by atoms with van der Waals surface area (Å²) in [5, 5.41) is 9.61. The Labute approximate surface area is 119 Å². The van der Waals surface area contributed by atoms with Crippen molar-refractivity contribution in [2.45, 2.75) is 49.7 Å². The molecule has 1 aliphatic carbocycles. The lowest BCUT2D eigenvalue weighted by Crippen LogP contribution is -2.32. The van der Waals surface area contributed by atoms with Gasteiger partial charge in [0.05, 0.1) is 5.92 Å². The van der Waals surface area contributed by atoms with E-state index in [1.165, 1.54) is 10.5 Å². The zero-order chi connectivity index (χ0) is 13.8. The third kappa shape index (κ3) is 3.75. The summed E-state index contributed by atoms with van der Waals surface area (Å²) >= 11 is 1.75. The molecule has 0 bridgehead atoms. The number of carbonyl (C=O) groups is 1. The van der Waals surface area contributed by atoms with Crippen molar-refractivity contribution in [3.8, 4) is 0 Å². The molecule has 0 aromatic heterocycles. The average molecular weight is 278 g/mol. The van der Waals surface area contributed by atoms with Crippen LogP contribution in [0, 0.1) is 18.8 Å². The molecule has 0 radical (unpaired) electrons. The van der Waals surface area contributed by atoms with E-state index in [1.54, 1.807) is 11.8 Å². The van der Waals surface area contributed by atoms with Crippen molar-refractivity contribution in [3.05, 3.63) is 29.8 Å². The van der Waals surface area contributed by atoms with Crippen molar-refractivity contribution in [2.24, 2.45) is 11.8 Å². The van der Waals surface area contributed by atoms with E-state index >= 15 is 0 Å². The minimum atomic E-state index is -0.625. The standard InChI is InChI=1S/C16H22O2S/c1-3-12-7-8-14(16(17)18)15(10-12)19-13-6-4-5-11(2)9-13/h4-6,9,12,14-15H,3,7-8,10H2,1-2H3,(H,17,18). The van der Waals surface area contributed by atoms with Crippen molar-refractivity contribution in [1.29, 1.82) is 0 Å². The molecule has 3 unspecified atom stereocenters. The summed E-state index contributed by atoms with van der Waals surface area (Å²) in [6.07, 6.45) is 4.10. The van der Waals surface area contributed by atoms with Crippen LogP contribution in [0.25, 0.3) is 0 Å². The van der Waals surface area contributed by atoms with E-state index in [1.807, 2.05) is 6.07 Å². The Kier molecular flexibility index (Phi) is 4.92. The first kappa shape index (κ1) is 14.4. The molecule has 0 aliphatic heterocycles. The zero-order valence-electron chi connectivity index (χ0n) is 11.6. The molecule has 1 N–H and O–H groups in total. The predicted octanol–water partition coefficient (Wildman–Crippen LogP) is 4.37. The lowest BCUT2D eigenvalue weighted by atomic mass is 9.80. The Balaban J connectivity index is 2.11. The summed E-state index contributed by atoms with van der Waals surface area (Å²) in [4.78, 5) is 12.6. The van der Waals surface area contributed by atoms with Crippen molar-refractivity contribution in [2.75, 3.05) is 0 Å². The molecule has 0 saturated heterocycles. The van der Waals surface area contributed by atoms with Crippen LogP contribution in [0.1, 0.15) is 38.2 Å². The van der Waals surface area contributed by atoms with E-state index < -0.39 is 5.97 Å². The summed E-state index contributed by atoms with van der Waals surface area (Å²) in [6.45, 7) is 4.29. The van der Waals surface area contributed by atoms with Gasteiger partial charge in [0.15, 0.2) is 0 Å². The van der Waals surface area contributed by atoms with Gasteiger partial charge < -0.3 is 5.11 Å². The van der Waals surface area contributed by atoms with Gasteiger partial charge in [0.2, 0.25) is 0 Å². The third-order valence-corrected chi connectivity index (χ3v) is 5.42. The first-order chi connectivity index (χ1) is 9.10. The molecule has 1 aliphatic rings. The molecule has 1 fully saturated rings. The molecule has 104 valence electrons. The number of aliphatic carboxylic acids is 1. The van der Waals surface area contributed by atoms with Crippen LogP contribution in [0.15, 0.2) is 29.2 Å². The Morgan fingerprint density at radius 3 is 2.84 bits per heavy atom. The molecule has 3 atom stereocenters. The second-order valence-electron chi connectivity index (χ2n) is 5.50. The Bertz CT molecular complexity index is 444. The van der Waals surface area contributed by atoms with Crippen molar-refractivity contribution >= 4 is 17.7 Å². The van der Waals surface area contributed by atoms with Crippen LogP contribution in [0.4, 0.5) is 0 Å². The molecule has 19 heavy (non-hydrogen) atoms. The first-order valence-electron chi connectivity index (χ1n) is 7.06. The number of hydrogen-bond donors (Lipinski definition) is 1. The maximum Gasteiger partial charge on any atom is 0.307 e. The van der Waals surface area contributed by atoms with Gasteiger partial charge in [-0.05, 0) is 44.2 Å². The van der Waals surface area contributed by atoms with Gasteiger partial charge in [-0.2, -0.15) is 0 Å². The number of carboxylic acids is 1. The van der Waals surface area contributed by atoms with Gasteiger partial charge in [-0.25, -0.2) is 0 Å². The van der Waals surface area contributed by atoms with Gasteiger partial charge in [-0.15, -0.1) is 11.8 Å². The summed E-state index contributed by atoms with van der Waals surface area (Å²) in [5.74, 6) is -0.120. The summed E-state index contributed by atoms with van der Waals surface area (Å²) < 4.78 is 0. The van der Waals surface area contributed by atoms with Crippen LogP contribution in [0.3, 0.4) is 0 Å². The monoisotopic (exact) mass is 278 g/mol. The molecule has 3 heteroatoms. The molecule has 0 spiro atoms. The minimum Gasteiger partial charge on any atom is -0.481 e.